The largest absolute Gasteiger partial charge is 0.316 e. The van der Waals surface area contributed by atoms with Crippen LogP contribution >= 0.6 is 23.1 Å². The van der Waals surface area contributed by atoms with Crippen molar-refractivity contribution in [3.05, 3.63) is 17.0 Å². The Bertz CT molecular complexity index is 478. The van der Waals surface area contributed by atoms with Crippen LogP contribution in [-0.2, 0) is 16.6 Å². The average Bonchev–Trinajstić information content (AvgIpc) is 2.98. The van der Waals surface area contributed by atoms with Crippen LogP contribution in [0.15, 0.2) is 15.7 Å². The lowest BCUT2D eigenvalue weighted by Gasteiger charge is -2.09. The summed E-state index contributed by atoms with van der Waals surface area (Å²) < 4.78 is 27.3. The van der Waals surface area contributed by atoms with E-state index in [-0.39, 0.29) is 0 Å². The molecule has 7 heteroatoms. The van der Waals surface area contributed by atoms with Crippen molar-refractivity contribution < 1.29 is 8.42 Å². The molecule has 2 rings (SSSR count). The van der Waals surface area contributed by atoms with Crippen LogP contribution < -0.4 is 10.0 Å². The molecule has 1 unspecified atom stereocenters. The molecule has 18 heavy (non-hydrogen) atoms. The van der Waals surface area contributed by atoms with Gasteiger partial charge in [0.05, 0.1) is 0 Å². The predicted octanol–water partition coefficient (Wildman–Crippen LogP) is 1.50. The molecule has 1 aliphatic heterocycles. The van der Waals surface area contributed by atoms with Crippen molar-refractivity contribution >= 4 is 33.1 Å². The molecule has 1 aromatic rings. The van der Waals surface area contributed by atoms with Crippen molar-refractivity contribution in [1.29, 1.82) is 0 Å². The molecule has 2 N–H and O–H groups in total. The van der Waals surface area contributed by atoms with E-state index in [2.05, 4.69) is 10.0 Å². The van der Waals surface area contributed by atoms with Gasteiger partial charge in [-0.1, -0.05) is 0 Å². The van der Waals surface area contributed by atoms with E-state index in [4.69, 9.17) is 0 Å². The Morgan fingerprint density at radius 3 is 3.00 bits per heavy atom. The minimum atomic E-state index is -3.31. The quantitative estimate of drug-likeness (QED) is 0.836. The van der Waals surface area contributed by atoms with E-state index >= 15 is 0 Å². The van der Waals surface area contributed by atoms with Gasteiger partial charge in [0.1, 0.15) is 4.21 Å². The van der Waals surface area contributed by atoms with Crippen LogP contribution in [0, 0.1) is 5.92 Å². The third-order valence-electron chi connectivity index (χ3n) is 2.86. The first-order chi connectivity index (χ1) is 8.62. The zero-order valence-electron chi connectivity index (χ0n) is 10.3. The van der Waals surface area contributed by atoms with Gasteiger partial charge in [0.2, 0.25) is 10.0 Å². The summed E-state index contributed by atoms with van der Waals surface area (Å²) in [4.78, 5) is 0. The Balaban J connectivity index is 1.95. The van der Waals surface area contributed by atoms with E-state index in [1.165, 1.54) is 11.3 Å². The van der Waals surface area contributed by atoms with Crippen LogP contribution in [0.1, 0.15) is 12.0 Å². The molecule has 102 valence electrons. The first-order valence-corrected chi connectivity index (χ1v) is 9.43. The Morgan fingerprint density at radius 1 is 1.50 bits per heavy atom. The maximum atomic E-state index is 12.1. The first kappa shape index (κ1) is 14.3. The van der Waals surface area contributed by atoms with Crippen LogP contribution in [0.5, 0.6) is 0 Å². The summed E-state index contributed by atoms with van der Waals surface area (Å²) >= 11 is 3.18. The van der Waals surface area contributed by atoms with Gasteiger partial charge in [-0.15, -0.1) is 11.3 Å². The number of nitrogens with one attached hydrogen (secondary N) is 2. The van der Waals surface area contributed by atoms with E-state index in [0.717, 1.165) is 23.5 Å². The lowest BCUT2D eigenvalue weighted by molar-refractivity contribution is 0.547. The second-order valence-electron chi connectivity index (χ2n) is 4.39. The molecule has 4 nitrogen and oxygen atoms in total. The highest BCUT2D eigenvalue weighted by molar-refractivity contribution is 7.99. The minimum Gasteiger partial charge on any atom is -0.316 e. The van der Waals surface area contributed by atoms with Crippen LogP contribution in [0.4, 0.5) is 0 Å². The van der Waals surface area contributed by atoms with Gasteiger partial charge in [0.15, 0.2) is 0 Å². The molecule has 1 fully saturated rings. The third kappa shape index (κ3) is 3.71. The van der Waals surface area contributed by atoms with E-state index in [1.807, 2.05) is 24.2 Å². The zero-order valence-corrected chi connectivity index (χ0v) is 12.8. The molecule has 0 saturated carbocycles. The van der Waals surface area contributed by atoms with E-state index < -0.39 is 10.0 Å². The van der Waals surface area contributed by atoms with Crippen molar-refractivity contribution in [2.75, 3.05) is 25.1 Å². The number of rotatable bonds is 6. The molecular formula is C11H18N2O2S3. The third-order valence-corrected chi connectivity index (χ3v) is 7.00. The van der Waals surface area contributed by atoms with Crippen LogP contribution in [-0.4, -0.2) is 33.5 Å². The molecule has 0 spiro atoms. The maximum Gasteiger partial charge on any atom is 0.250 e. The summed E-state index contributed by atoms with van der Waals surface area (Å²) in [5.41, 5.74) is 1.01. The minimum absolute atomic E-state index is 0.415. The summed E-state index contributed by atoms with van der Waals surface area (Å²) in [7, 11) is -1.46. The van der Waals surface area contributed by atoms with E-state index in [9.17, 15) is 8.42 Å². The molecule has 1 atom stereocenters. The van der Waals surface area contributed by atoms with Crippen molar-refractivity contribution in [3.8, 4) is 0 Å². The highest BCUT2D eigenvalue weighted by Gasteiger charge is 2.21. The summed E-state index contributed by atoms with van der Waals surface area (Å²) in [6, 6.07) is 1.74. The van der Waals surface area contributed by atoms with Crippen molar-refractivity contribution in [3.63, 3.8) is 0 Å². The lowest BCUT2D eigenvalue weighted by Crippen LogP contribution is -2.28. The lowest BCUT2D eigenvalue weighted by atomic mass is 10.1. The summed E-state index contributed by atoms with van der Waals surface area (Å²) in [5, 5.41) is 4.90. The fraction of sp³-hybridized carbons (Fsp3) is 0.636. The number of sulfonamides is 1. The Kier molecular flexibility index (Phi) is 5.08. The van der Waals surface area contributed by atoms with Crippen LogP contribution in [0.25, 0.3) is 0 Å². The summed E-state index contributed by atoms with van der Waals surface area (Å²) in [6.45, 7) is 1.26. The van der Waals surface area contributed by atoms with Crippen molar-refractivity contribution in [2.24, 2.45) is 5.92 Å². The number of hydrogen-bond acceptors (Lipinski definition) is 5. The highest BCUT2D eigenvalue weighted by atomic mass is 32.2. The smallest absolute Gasteiger partial charge is 0.250 e. The number of thioether (sulfide) groups is 1. The molecular weight excluding hydrogens is 288 g/mol. The Hall–Kier alpha value is -0.0800. The fourth-order valence-corrected chi connectivity index (χ4v) is 5.49. The zero-order chi connectivity index (χ0) is 13.0. The maximum absolute atomic E-state index is 12.1. The van der Waals surface area contributed by atoms with Gasteiger partial charge in [0.25, 0.3) is 0 Å². The predicted molar refractivity (Wildman–Crippen MR) is 77.7 cm³/mol. The second-order valence-corrected chi connectivity index (χ2v) is 8.44. The SMILES string of the molecule is CNCc1csc(S(=O)(=O)NCC2CCSC2)c1. The van der Waals surface area contributed by atoms with Crippen molar-refractivity contribution in [2.45, 2.75) is 17.2 Å². The van der Waals surface area contributed by atoms with Gasteiger partial charge < -0.3 is 5.32 Å². The molecule has 0 aliphatic carbocycles. The highest BCUT2D eigenvalue weighted by Crippen LogP contribution is 2.24. The molecule has 0 aromatic carbocycles. The number of thiophene rings is 1. The van der Waals surface area contributed by atoms with Gasteiger partial charge in [-0.3, -0.25) is 0 Å². The molecule has 0 amide bonds. The van der Waals surface area contributed by atoms with Gasteiger partial charge in [-0.2, -0.15) is 11.8 Å². The molecule has 1 saturated heterocycles. The summed E-state index contributed by atoms with van der Waals surface area (Å²) in [5.74, 6) is 2.71. The first-order valence-electron chi connectivity index (χ1n) is 5.91. The number of hydrogen-bond donors (Lipinski definition) is 2. The van der Waals surface area contributed by atoms with Gasteiger partial charge in [-0.25, -0.2) is 13.1 Å². The van der Waals surface area contributed by atoms with Gasteiger partial charge >= 0.3 is 0 Å². The standard InChI is InChI=1S/C11H18N2O2S3/c1-12-5-10-4-11(17-8-10)18(14,15)13-6-9-2-3-16-7-9/h4,8-9,12-13H,2-3,5-7H2,1H3. The van der Waals surface area contributed by atoms with Crippen LogP contribution in [0.2, 0.25) is 0 Å². The van der Waals surface area contributed by atoms with Gasteiger partial charge in [0, 0.05) is 13.1 Å². The average molecular weight is 306 g/mol. The monoisotopic (exact) mass is 306 g/mol. The topological polar surface area (TPSA) is 58.2 Å². The second kappa shape index (κ2) is 6.38. The molecule has 1 aliphatic rings. The fourth-order valence-electron chi connectivity index (χ4n) is 1.83. The normalized spacial score (nSPS) is 20.4. The molecule has 2 heterocycles. The van der Waals surface area contributed by atoms with Crippen molar-refractivity contribution in [1.82, 2.24) is 10.0 Å². The summed E-state index contributed by atoms with van der Waals surface area (Å²) in [6.07, 6.45) is 1.11. The van der Waals surface area contributed by atoms with Crippen LogP contribution in [0.3, 0.4) is 0 Å². The van der Waals surface area contributed by atoms with Gasteiger partial charge in [-0.05, 0) is 47.9 Å². The van der Waals surface area contributed by atoms with E-state index in [0.29, 0.717) is 23.2 Å². The molecule has 0 bridgehead atoms. The molecule has 1 aromatic heterocycles. The van der Waals surface area contributed by atoms with E-state index in [1.54, 1.807) is 6.07 Å². The Morgan fingerprint density at radius 2 is 2.33 bits per heavy atom. The molecule has 0 radical (unpaired) electrons. The Labute approximate surface area is 117 Å².